The molecule has 0 aliphatic carbocycles. The maximum absolute atomic E-state index is 12.9. The van der Waals surface area contributed by atoms with E-state index >= 15 is 0 Å². The molecule has 2 heterocycles. The number of anilines is 1. The van der Waals surface area contributed by atoms with Crippen molar-refractivity contribution in [3.05, 3.63) is 89.0 Å². The van der Waals surface area contributed by atoms with Crippen LogP contribution < -0.4 is 5.32 Å². The third-order valence-electron chi connectivity index (χ3n) is 5.23. The molecule has 2 aromatic heterocycles. The van der Waals surface area contributed by atoms with Crippen molar-refractivity contribution >= 4 is 63.3 Å². The molecular formula is C27H25ClN4O3S3. The second-order valence-corrected chi connectivity index (χ2v) is 11.1. The Hall–Kier alpha value is -3.05. The highest BCUT2D eigenvalue weighted by atomic mass is 35.5. The largest absolute Gasteiger partial charge is 0.462 e. The van der Waals surface area contributed by atoms with Gasteiger partial charge in [0.1, 0.15) is 16.4 Å². The second kappa shape index (κ2) is 13.7. The number of hydrogen-bond acceptors (Lipinski definition) is 8. The van der Waals surface area contributed by atoms with E-state index in [4.69, 9.17) is 16.3 Å². The number of thiophene rings is 1. The molecule has 2 aromatic carbocycles. The first kappa shape index (κ1) is 28.0. The van der Waals surface area contributed by atoms with E-state index in [9.17, 15) is 9.59 Å². The fourth-order valence-electron chi connectivity index (χ4n) is 3.50. The highest BCUT2D eigenvalue weighted by molar-refractivity contribution is 7.99. The molecular weight excluding hydrogens is 560 g/mol. The number of ether oxygens (including phenoxy) is 1. The van der Waals surface area contributed by atoms with Crippen molar-refractivity contribution in [2.24, 2.45) is 0 Å². The number of carbonyl (C=O) groups is 2. The van der Waals surface area contributed by atoms with Gasteiger partial charge >= 0.3 is 5.97 Å². The summed E-state index contributed by atoms with van der Waals surface area (Å²) in [6.45, 7) is 6.34. The highest BCUT2D eigenvalue weighted by Gasteiger charge is 2.23. The van der Waals surface area contributed by atoms with Crippen molar-refractivity contribution in [1.29, 1.82) is 0 Å². The molecule has 0 spiro atoms. The van der Waals surface area contributed by atoms with Crippen LogP contribution in [0.4, 0.5) is 5.00 Å². The van der Waals surface area contributed by atoms with Crippen LogP contribution in [-0.2, 0) is 21.8 Å². The number of esters is 1. The van der Waals surface area contributed by atoms with Gasteiger partial charge in [-0.05, 0) is 36.8 Å². The maximum atomic E-state index is 12.9. The van der Waals surface area contributed by atoms with Crippen LogP contribution in [0.2, 0.25) is 5.02 Å². The van der Waals surface area contributed by atoms with Crippen LogP contribution in [0.25, 0.3) is 11.1 Å². The zero-order valence-corrected chi connectivity index (χ0v) is 23.8. The standard InChI is InChI=1S/C27H25ClN4O3S3/c1-3-14-32-22(16-36-20-8-6-5-7-9-20)30-31-27(32)38-17-23(33)29-25-24(26(34)35-4-2)21(15-37-25)18-10-12-19(28)13-11-18/h3,5-13,15H,1,4,14,16-17H2,2H3,(H,29,33). The van der Waals surface area contributed by atoms with Crippen LogP contribution in [-0.4, -0.2) is 39.0 Å². The zero-order valence-electron chi connectivity index (χ0n) is 20.6. The van der Waals surface area contributed by atoms with Gasteiger partial charge < -0.3 is 14.6 Å². The fraction of sp³-hybridized carbons (Fsp3) is 0.185. The summed E-state index contributed by atoms with van der Waals surface area (Å²) in [5.41, 5.74) is 1.81. The van der Waals surface area contributed by atoms with Crippen molar-refractivity contribution in [2.45, 2.75) is 29.3 Å². The second-order valence-electron chi connectivity index (χ2n) is 7.82. The van der Waals surface area contributed by atoms with Gasteiger partial charge in [-0.1, -0.05) is 59.8 Å². The zero-order chi connectivity index (χ0) is 26.9. The van der Waals surface area contributed by atoms with Gasteiger partial charge in [-0.25, -0.2) is 4.79 Å². The number of allylic oxidation sites excluding steroid dienone is 1. The van der Waals surface area contributed by atoms with Crippen LogP contribution in [0.15, 0.2) is 82.7 Å². The number of aromatic nitrogens is 3. The number of nitrogens with one attached hydrogen (secondary N) is 1. The Morgan fingerprint density at radius 2 is 1.89 bits per heavy atom. The molecule has 0 saturated carbocycles. The molecule has 1 amide bonds. The maximum Gasteiger partial charge on any atom is 0.341 e. The van der Waals surface area contributed by atoms with Crippen LogP contribution in [0.5, 0.6) is 0 Å². The molecule has 196 valence electrons. The molecule has 1 N–H and O–H groups in total. The summed E-state index contributed by atoms with van der Waals surface area (Å²) in [5, 5.41) is 15.0. The molecule has 0 aliphatic rings. The molecule has 7 nitrogen and oxygen atoms in total. The molecule has 0 atom stereocenters. The van der Waals surface area contributed by atoms with E-state index in [-0.39, 0.29) is 18.3 Å². The fourth-order valence-corrected chi connectivity index (χ4v) is 6.23. The van der Waals surface area contributed by atoms with Gasteiger partial charge in [0.2, 0.25) is 5.91 Å². The number of rotatable bonds is 12. The molecule has 0 saturated heterocycles. The smallest absolute Gasteiger partial charge is 0.341 e. The van der Waals surface area contributed by atoms with Crippen molar-refractivity contribution in [2.75, 3.05) is 17.7 Å². The van der Waals surface area contributed by atoms with Crippen molar-refractivity contribution in [3.63, 3.8) is 0 Å². The molecule has 0 bridgehead atoms. The molecule has 4 aromatic rings. The Kier molecular flexibility index (Phi) is 10.1. The predicted octanol–water partition coefficient (Wildman–Crippen LogP) is 7.05. The topological polar surface area (TPSA) is 86.1 Å². The van der Waals surface area contributed by atoms with Crippen molar-refractivity contribution < 1.29 is 14.3 Å². The lowest BCUT2D eigenvalue weighted by Crippen LogP contribution is -2.17. The monoisotopic (exact) mass is 584 g/mol. The third-order valence-corrected chi connectivity index (χ3v) is 8.35. The van der Waals surface area contributed by atoms with Crippen LogP contribution in [0, 0.1) is 0 Å². The Balaban J connectivity index is 1.46. The summed E-state index contributed by atoms with van der Waals surface area (Å²) >= 11 is 10.2. The first-order valence-corrected chi connectivity index (χ1v) is 14.9. The lowest BCUT2D eigenvalue weighted by molar-refractivity contribution is -0.113. The lowest BCUT2D eigenvalue weighted by Gasteiger charge is -2.10. The van der Waals surface area contributed by atoms with E-state index in [0.29, 0.717) is 38.6 Å². The van der Waals surface area contributed by atoms with E-state index in [2.05, 4.69) is 22.1 Å². The van der Waals surface area contributed by atoms with Gasteiger partial charge in [-0.3, -0.25) is 4.79 Å². The summed E-state index contributed by atoms with van der Waals surface area (Å²) in [6, 6.07) is 17.2. The first-order chi connectivity index (χ1) is 18.5. The Labute approximate surface area is 238 Å². The quantitative estimate of drug-likeness (QED) is 0.108. The highest BCUT2D eigenvalue weighted by Crippen LogP contribution is 2.37. The summed E-state index contributed by atoms with van der Waals surface area (Å²) < 4.78 is 7.23. The summed E-state index contributed by atoms with van der Waals surface area (Å²) in [6.07, 6.45) is 1.78. The Morgan fingerprint density at radius 3 is 2.61 bits per heavy atom. The van der Waals surface area contributed by atoms with Gasteiger partial charge in [0.05, 0.1) is 18.1 Å². The Bertz CT molecular complexity index is 1400. The number of thioether (sulfide) groups is 2. The van der Waals surface area contributed by atoms with E-state index in [1.54, 1.807) is 36.9 Å². The first-order valence-electron chi connectivity index (χ1n) is 11.7. The minimum atomic E-state index is -0.493. The molecule has 0 unspecified atom stereocenters. The number of amides is 1. The molecule has 0 radical (unpaired) electrons. The molecule has 0 aliphatic heterocycles. The van der Waals surface area contributed by atoms with Gasteiger partial charge in [0.15, 0.2) is 5.16 Å². The third kappa shape index (κ3) is 7.08. The van der Waals surface area contributed by atoms with Crippen molar-refractivity contribution in [3.8, 4) is 11.1 Å². The normalized spacial score (nSPS) is 10.8. The van der Waals surface area contributed by atoms with Crippen LogP contribution in [0.3, 0.4) is 0 Å². The summed E-state index contributed by atoms with van der Waals surface area (Å²) in [5.74, 6) is 0.782. The molecule has 38 heavy (non-hydrogen) atoms. The molecule has 11 heteroatoms. The SMILES string of the molecule is C=CCn1c(CSc2ccccc2)nnc1SCC(=O)Nc1scc(-c2ccc(Cl)cc2)c1C(=O)OCC. The number of halogens is 1. The summed E-state index contributed by atoms with van der Waals surface area (Å²) in [7, 11) is 0. The Morgan fingerprint density at radius 1 is 1.13 bits per heavy atom. The minimum absolute atomic E-state index is 0.0948. The van der Waals surface area contributed by atoms with Crippen LogP contribution in [0.1, 0.15) is 23.1 Å². The van der Waals surface area contributed by atoms with Gasteiger partial charge in [-0.2, -0.15) is 0 Å². The predicted molar refractivity (Wildman–Crippen MR) is 156 cm³/mol. The van der Waals surface area contributed by atoms with Gasteiger partial charge in [0, 0.05) is 27.4 Å². The number of nitrogens with zero attached hydrogens (tertiary/aromatic N) is 3. The van der Waals surface area contributed by atoms with Crippen molar-refractivity contribution in [1.82, 2.24) is 14.8 Å². The average molecular weight is 585 g/mol. The minimum Gasteiger partial charge on any atom is -0.462 e. The number of carbonyl (C=O) groups excluding carboxylic acids is 2. The molecule has 0 fully saturated rings. The number of benzene rings is 2. The molecule has 4 rings (SSSR count). The average Bonchev–Trinajstić information content (AvgIpc) is 3.51. The van der Waals surface area contributed by atoms with Gasteiger partial charge in [0.25, 0.3) is 0 Å². The van der Waals surface area contributed by atoms with E-state index in [1.165, 1.54) is 23.1 Å². The summed E-state index contributed by atoms with van der Waals surface area (Å²) in [4.78, 5) is 26.9. The van der Waals surface area contributed by atoms with Crippen LogP contribution >= 0.6 is 46.5 Å². The van der Waals surface area contributed by atoms with Gasteiger partial charge in [-0.15, -0.1) is 39.9 Å². The lowest BCUT2D eigenvalue weighted by atomic mass is 10.0. The van der Waals surface area contributed by atoms with E-state index in [0.717, 1.165) is 16.3 Å². The van der Waals surface area contributed by atoms with E-state index < -0.39 is 5.97 Å². The van der Waals surface area contributed by atoms with E-state index in [1.807, 2.05) is 52.4 Å². The number of hydrogen-bond donors (Lipinski definition) is 1.